The fraction of sp³-hybridized carbons (Fsp3) is 0.400. The average Bonchev–Trinajstić information content (AvgIpc) is 2.18. The molecule has 0 aliphatic carbocycles. The lowest BCUT2D eigenvalue weighted by Gasteiger charge is -2.18. The van der Waals surface area contributed by atoms with Gasteiger partial charge in [-0.3, -0.25) is 4.98 Å². The number of aromatic nitrogens is 1. The maximum absolute atomic E-state index is 8.96. The van der Waals surface area contributed by atoms with E-state index in [9.17, 15) is 0 Å². The van der Waals surface area contributed by atoms with Crippen molar-refractivity contribution in [1.29, 1.82) is 5.26 Å². The molecule has 0 saturated heterocycles. The smallest absolute Gasteiger partial charge is 0.101 e. The van der Waals surface area contributed by atoms with Crippen LogP contribution in [0.25, 0.3) is 0 Å². The fourth-order valence-corrected chi connectivity index (χ4v) is 1.72. The fourth-order valence-electron chi connectivity index (χ4n) is 1.72. The normalized spacial score (nSPS) is 12.8. The molecule has 0 bridgehead atoms. The number of halogens is 2. The Morgan fingerprint density at radius 2 is 2.20 bits per heavy atom. The zero-order chi connectivity index (χ0) is 9.26. The third-order valence-corrected chi connectivity index (χ3v) is 2.44. The zero-order valence-corrected chi connectivity index (χ0v) is 10.0. The molecule has 1 aliphatic heterocycles. The number of rotatable bonds is 0. The van der Waals surface area contributed by atoms with Crippen molar-refractivity contribution in [2.45, 2.75) is 19.9 Å². The van der Waals surface area contributed by atoms with Gasteiger partial charge in [0.1, 0.15) is 6.07 Å². The van der Waals surface area contributed by atoms with Gasteiger partial charge in [-0.05, 0) is 31.0 Å². The molecule has 0 fully saturated rings. The molecule has 0 amide bonds. The number of hydrogen-bond acceptors (Lipinski definition) is 3. The highest BCUT2D eigenvalue weighted by Crippen LogP contribution is 2.18. The predicted octanol–water partition coefficient (Wildman–Crippen LogP) is 1.75. The number of hydrogen-bond donors (Lipinski definition) is 1. The Kier molecular flexibility index (Phi) is 5.59. The molecule has 0 saturated carbocycles. The van der Waals surface area contributed by atoms with Gasteiger partial charge in [-0.1, -0.05) is 0 Å². The van der Waals surface area contributed by atoms with E-state index in [1.165, 1.54) is 11.1 Å². The summed E-state index contributed by atoms with van der Waals surface area (Å²) in [4.78, 5) is 4.20. The van der Waals surface area contributed by atoms with Gasteiger partial charge in [-0.15, -0.1) is 24.8 Å². The first kappa shape index (κ1) is 14.2. The maximum Gasteiger partial charge on any atom is 0.101 e. The van der Waals surface area contributed by atoms with Crippen molar-refractivity contribution >= 4 is 24.8 Å². The summed E-state index contributed by atoms with van der Waals surface area (Å²) < 4.78 is 0. The van der Waals surface area contributed by atoms with Crippen LogP contribution >= 0.6 is 24.8 Å². The quantitative estimate of drug-likeness (QED) is 0.758. The van der Waals surface area contributed by atoms with Gasteiger partial charge in [0.15, 0.2) is 0 Å². The number of pyridine rings is 1. The molecule has 1 aromatic rings. The van der Waals surface area contributed by atoms with E-state index in [1.54, 1.807) is 0 Å². The molecule has 82 valence electrons. The summed E-state index contributed by atoms with van der Waals surface area (Å²) in [5.74, 6) is 0. The minimum absolute atomic E-state index is 0. The van der Waals surface area contributed by atoms with Crippen LogP contribution in [0.15, 0.2) is 6.20 Å². The Morgan fingerprint density at radius 1 is 1.47 bits per heavy atom. The van der Waals surface area contributed by atoms with Crippen molar-refractivity contribution in [3.05, 3.63) is 28.6 Å². The standard InChI is InChI=1S/C10H11N3.2ClH/c1-7-10(4-11)9-2-3-12-5-8(9)6-13-7;;/h6,12H,2-3,5H2,1H3;2*1H. The molecule has 2 rings (SSSR count). The first-order valence-corrected chi connectivity index (χ1v) is 4.41. The lowest BCUT2D eigenvalue weighted by Crippen LogP contribution is -2.25. The van der Waals surface area contributed by atoms with Crippen LogP contribution in [0.3, 0.4) is 0 Å². The molecule has 0 aromatic carbocycles. The summed E-state index contributed by atoms with van der Waals surface area (Å²) in [5, 5.41) is 12.2. The van der Waals surface area contributed by atoms with E-state index < -0.39 is 0 Å². The Balaban J connectivity index is 0.000000980. The van der Waals surface area contributed by atoms with Gasteiger partial charge in [0, 0.05) is 12.7 Å². The van der Waals surface area contributed by atoms with Crippen LogP contribution in [0.1, 0.15) is 22.4 Å². The van der Waals surface area contributed by atoms with E-state index >= 15 is 0 Å². The molecule has 3 nitrogen and oxygen atoms in total. The Hall–Kier alpha value is -0.820. The first-order chi connectivity index (χ1) is 6.33. The van der Waals surface area contributed by atoms with Crippen molar-refractivity contribution < 1.29 is 0 Å². The average molecular weight is 246 g/mol. The van der Waals surface area contributed by atoms with Crippen molar-refractivity contribution in [2.75, 3.05) is 6.54 Å². The molecule has 1 aliphatic rings. The molecule has 0 unspecified atom stereocenters. The van der Waals surface area contributed by atoms with E-state index in [2.05, 4.69) is 16.4 Å². The predicted molar refractivity (Wildman–Crippen MR) is 63.6 cm³/mol. The highest BCUT2D eigenvalue weighted by Gasteiger charge is 2.14. The SMILES string of the molecule is Cc1ncc2c(c1C#N)CCNC2.Cl.Cl. The van der Waals surface area contributed by atoms with E-state index in [0.717, 1.165) is 30.8 Å². The Morgan fingerprint density at radius 3 is 2.87 bits per heavy atom. The summed E-state index contributed by atoms with van der Waals surface area (Å²) in [5.41, 5.74) is 3.99. The van der Waals surface area contributed by atoms with Gasteiger partial charge in [0.25, 0.3) is 0 Å². The van der Waals surface area contributed by atoms with Crippen LogP contribution in [0, 0.1) is 18.3 Å². The van der Waals surface area contributed by atoms with Crippen LogP contribution in [0.5, 0.6) is 0 Å². The van der Waals surface area contributed by atoms with Crippen molar-refractivity contribution in [2.24, 2.45) is 0 Å². The van der Waals surface area contributed by atoms with Gasteiger partial charge < -0.3 is 5.32 Å². The largest absolute Gasteiger partial charge is 0.312 e. The van der Waals surface area contributed by atoms with E-state index in [4.69, 9.17) is 5.26 Å². The summed E-state index contributed by atoms with van der Waals surface area (Å²) in [7, 11) is 0. The highest BCUT2D eigenvalue weighted by atomic mass is 35.5. The van der Waals surface area contributed by atoms with Gasteiger partial charge in [0.2, 0.25) is 0 Å². The van der Waals surface area contributed by atoms with Crippen molar-refractivity contribution in [1.82, 2.24) is 10.3 Å². The lowest BCUT2D eigenvalue weighted by atomic mass is 9.97. The van der Waals surface area contributed by atoms with E-state index in [-0.39, 0.29) is 24.8 Å². The molecule has 1 aromatic heterocycles. The molecular weight excluding hydrogens is 233 g/mol. The van der Waals surface area contributed by atoms with Crippen molar-refractivity contribution in [3.8, 4) is 6.07 Å². The topological polar surface area (TPSA) is 48.7 Å². The second-order valence-electron chi connectivity index (χ2n) is 3.26. The molecule has 5 heteroatoms. The molecule has 0 atom stereocenters. The molecule has 0 spiro atoms. The number of nitrogens with one attached hydrogen (secondary N) is 1. The van der Waals surface area contributed by atoms with Gasteiger partial charge in [-0.2, -0.15) is 5.26 Å². The molecule has 0 radical (unpaired) electrons. The monoisotopic (exact) mass is 245 g/mol. The Labute approximate surface area is 102 Å². The van der Waals surface area contributed by atoms with E-state index in [0.29, 0.717) is 0 Å². The Bertz CT molecular complexity index is 385. The molecule has 15 heavy (non-hydrogen) atoms. The van der Waals surface area contributed by atoms with E-state index in [1.807, 2.05) is 13.1 Å². The third kappa shape index (κ3) is 2.60. The van der Waals surface area contributed by atoms with Crippen LogP contribution in [0.2, 0.25) is 0 Å². The van der Waals surface area contributed by atoms with Crippen molar-refractivity contribution in [3.63, 3.8) is 0 Å². The van der Waals surface area contributed by atoms with Gasteiger partial charge in [0.05, 0.1) is 11.3 Å². The minimum Gasteiger partial charge on any atom is -0.312 e. The zero-order valence-electron chi connectivity index (χ0n) is 8.41. The maximum atomic E-state index is 8.96. The van der Waals surface area contributed by atoms with Gasteiger partial charge in [-0.25, -0.2) is 0 Å². The number of nitriles is 1. The van der Waals surface area contributed by atoms with Crippen LogP contribution < -0.4 is 5.32 Å². The molecule has 2 heterocycles. The summed E-state index contributed by atoms with van der Waals surface area (Å²) in [6, 6.07) is 2.23. The van der Waals surface area contributed by atoms with Crippen LogP contribution in [-0.4, -0.2) is 11.5 Å². The van der Waals surface area contributed by atoms with Gasteiger partial charge >= 0.3 is 0 Å². The van der Waals surface area contributed by atoms with Crippen LogP contribution in [-0.2, 0) is 13.0 Å². The lowest BCUT2D eigenvalue weighted by molar-refractivity contribution is 0.638. The second kappa shape index (κ2) is 5.92. The molecular formula is C10H13Cl2N3. The second-order valence-corrected chi connectivity index (χ2v) is 3.26. The number of aryl methyl sites for hydroxylation is 1. The highest BCUT2D eigenvalue weighted by molar-refractivity contribution is 5.85. The number of fused-ring (bicyclic) bond motifs is 1. The third-order valence-electron chi connectivity index (χ3n) is 2.44. The number of nitrogens with zero attached hydrogens (tertiary/aromatic N) is 2. The summed E-state index contributed by atoms with van der Waals surface area (Å²) in [6.07, 6.45) is 2.82. The van der Waals surface area contributed by atoms with Crippen LogP contribution in [0.4, 0.5) is 0 Å². The summed E-state index contributed by atoms with van der Waals surface area (Å²) in [6.45, 7) is 3.70. The minimum atomic E-state index is 0. The summed E-state index contributed by atoms with van der Waals surface area (Å²) >= 11 is 0. The molecule has 1 N–H and O–H groups in total. The first-order valence-electron chi connectivity index (χ1n) is 4.41.